The third-order valence-electron chi connectivity index (χ3n) is 6.10. The fraction of sp³-hybridized carbons (Fsp3) is 0.241. The number of anilines is 1. The number of thioether (sulfide) groups is 1. The van der Waals surface area contributed by atoms with Crippen molar-refractivity contribution in [2.75, 3.05) is 18.2 Å². The van der Waals surface area contributed by atoms with E-state index in [1.165, 1.54) is 16.7 Å². The number of rotatable bonds is 10. The van der Waals surface area contributed by atoms with E-state index in [9.17, 15) is 22.8 Å². The molecule has 2 amide bonds. The summed E-state index contributed by atoms with van der Waals surface area (Å²) in [6.07, 6.45) is -4.47. The predicted octanol–water partition coefficient (Wildman–Crippen LogP) is 5.50. The first-order valence-electron chi connectivity index (χ1n) is 12.5. The molecule has 0 saturated heterocycles. The van der Waals surface area contributed by atoms with E-state index in [2.05, 4.69) is 20.8 Å². The maximum atomic E-state index is 13.5. The van der Waals surface area contributed by atoms with Crippen molar-refractivity contribution in [3.8, 4) is 11.4 Å². The summed E-state index contributed by atoms with van der Waals surface area (Å²) in [6.45, 7) is 3.70. The minimum atomic E-state index is -4.56. The Bertz CT molecular complexity index is 1540. The molecular formula is C29H28F3N5O3S. The van der Waals surface area contributed by atoms with Crippen LogP contribution >= 0.6 is 11.8 Å². The van der Waals surface area contributed by atoms with Gasteiger partial charge in [0.05, 0.1) is 37.1 Å². The molecule has 1 aromatic heterocycles. The second-order valence-electron chi connectivity index (χ2n) is 9.24. The number of benzene rings is 3. The van der Waals surface area contributed by atoms with Gasteiger partial charge in [-0.05, 0) is 66.9 Å². The number of nitrogens with zero attached hydrogens (tertiary/aromatic N) is 3. The molecule has 0 aliphatic heterocycles. The van der Waals surface area contributed by atoms with Gasteiger partial charge in [0.15, 0.2) is 11.0 Å². The summed E-state index contributed by atoms with van der Waals surface area (Å²) >= 11 is 1.03. The van der Waals surface area contributed by atoms with Crippen molar-refractivity contribution in [2.24, 2.45) is 0 Å². The van der Waals surface area contributed by atoms with E-state index in [0.717, 1.165) is 40.6 Å². The molecule has 12 heteroatoms. The SMILES string of the molecule is COc1ccc(CC(=O)NCc2nnc(SCC(=O)Nc3cc(C)ccc3C)n2-c2cccc(C(F)(F)F)c2)cc1. The van der Waals surface area contributed by atoms with Crippen LogP contribution in [0.15, 0.2) is 71.9 Å². The summed E-state index contributed by atoms with van der Waals surface area (Å²) in [7, 11) is 1.55. The van der Waals surface area contributed by atoms with Gasteiger partial charge in [-0.25, -0.2) is 0 Å². The Morgan fingerprint density at radius 3 is 2.44 bits per heavy atom. The van der Waals surface area contributed by atoms with Crippen LogP contribution in [0.1, 0.15) is 28.1 Å². The summed E-state index contributed by atoms with van der Waals surface area (Å²) in [5.41, 5.74) is 2.63. The molecular weight excluding hydrogens is 555 g/mol. The van der Waals surface area contributed by atoms with Crippen molar-refractivity contribution >= 4 is 29.3 Å². The number of methoxy groups -OCH3 is 1. The van der Waals surface area contributed by atoms with E-state index < -0.39 is 11.7 Å². The average Bonchev–Trinajstić information content (AvgIpc) is 3.35. The van der Waals surface area contributed by atoms with Gasteiger partial charge in [-0.15, -0.1) is 10.2 Å². The zero-order valence-corrected chi connectivity index (χ0v) is 23.4. The number of carbonyl (C=O) groups is 2. The fourth-order valence-corrected chi connectivity index (χ4v) is 4.72. The first-order chi connectivity index (χ1) is 19.5. The summed E-state index contributed by atoms with van der Waals surface area (Å²) in [5.74, 6) is 0.197. The maximum Gasteiger partial charge on any atom is 0.416 e. The maximum absolute atomic E-state index is 13.5. The van der Waals surface area contributed by atoms with Gasteiger partial charge in [-0.1, -0.05) is 42.1 Å². The van der Waals surface area contributed by atoms with Gasteiger partial charge in [0.25, 0.3) is 0 Å². The minimum Gasteiger partial charge on any atom is -0.497 e. The smallest absolute Gasteiger partial charge is 0.416 e. The van der Waals surface area contributed by atoms with Crippen LogP contribution in [0.4, 0.5) is 18.9 Å². The molecule has 3 aromatic carbocycles. The molecule has 8 nitrogen and oxygen atoms in total. The lowest BCUT2D eigenvalue weighted by Gasteiger charge is -2.14. The minimum absolute atomic E-state index is 0.0612. The number of aryl methyl sites for hydroxylation is 2. The normalized spacial score (nSPS) is 11.3. The van der Waals surface area contributed by atoms with Gasteiger partial charge in [0.2, 0.25) is 11.8 Å². The number of halogens is 3. The first-order valence-corrected chi connectivity index (χ1v) is 13.5. The molecule has 41 heavy (non-hydrogen) atoms. The van der Waals surface area contributed by atoms with E-state index in [0.29, 0.717) is 11.4 Å². The summed E-state index contributed by atoms with van der Waals surface area (Å²) < 4.78 is 47.0. The van der Waals surface area contributed by atoms with Gasteiger partial charge in [0, 0.05) is 5.69 Å². The van der Waals surface area contributed by atoms with Crippen LogP contribution in [0.2, 0.25) is 0 Å². The number of carbonyl (C=O) groups excluding carboxylic acids is 2. The lowest BCUT2D eigenvalue weighted by Crippen LogP contribution is -2.26. The largest absolute Gasteiger partial charge is 0.497 e. The molecule has 0 aliphatic carbocycles. The Kier molecular flexibility index (Phi) is 9.33. The van der Waals surface area contributed by atoms with Crippen LogP contribution in [0.25, 0.3) is 5.69 Å². The van der Waals surface area contributed by atoms with Crippen molar-refractivity contribution in [2.45, 2.75) is 38.1 Å². The summed E-state index contributed by atoms with van der Waals surface area (Å²) in [6, 6.07) is 17.4. The molecule has 0 saturated carbocycles. The van der Waals surface area contributed by atoms with Crippen LogP contribution in [0.5, 0.6) is 5.75 Å². The number of nitrogens with one attached hydrogen (secondary N) is 2. The number of alkyl halides is 3. The average molecular weight is 584 g/mol. The lowest BCUT2D eigenvalue weighted by molar-refractivity contribution is -0.137. The van der Waals surface area contributed by atoms with E-state index in [-0.39, 0.29) is 47.2 Å². The standard InChI is InChI=1S/C29H28F3N5O3S/c1-18-7-8-19(2)24(13-18)34-27(39)17-41-28-36-35-25(37(28)22-6-4-5-21(15-22)29(30,31)32)16-33-26(38)14-20-9-11-23(40-3)12-10-20/h4-13,15H,14,16-17H2,1-3H3,(H,33,38)(H,34,39). The molecule has 0 fully saturated rings. The van der Waals surface area contributed by atoms with Crippen molar-refractivity contribution in [3.05, 3.63) is 94.8 Å². The van der Waals surface area contributed by atoms with Gasteiger partial charge in [-0.3, -0.25) is 14.2 Å². The van der Waals surface area contributed by atoms with Gasteiger partial charge in [-0.2, -0.15) is 13.2 Å². The van der Waals surface area contributed by atoms with Crippen molar-refractivity contribution in [1.29, 1.82) is 0 Å². The Morgan fingerprint density at radius 1 is 0.976 bits per heavy atom. The second-order valence-corrected chi connectivity index (χ2v) is 10.2. The van der Waals surface area contributed by atoms with Gasteiger partial charge >= 0.3 is 6.18 Å². The van der Waals surface area contributed by atoms with E-state index in [1.807, 2.05) is 32.0 Å². The molecule has 0 aliphatic rings. The molecule has 2 N–H and O–H groups in total. The van der Waals surface area contributed by atoms with Crippen LogP contribution < -0.4 is 15.4 Å². The molecule has 4 aromatic rings. The monoisotopic (exact) mass is 583 g/mol. The van der Waals surface area contributed by atoms with Crippen LogP contribution in [-0.2, 0) is 28.7 Å². The van der Waals surface area contributed by atoms with Crippen molar-refractivity contribution in [1.82, 2.24) is 20.1 Å². The Labute approximate surface area is 239 Å². The molecule has 0 bridgehead atoms. The van der Waals surface area contributed by atoms with Crippen LogP contribution in [0.3, 0.4) is 0 Å². The number of aromatic nitrogens is 3. The second kappa shape index (κ2) is 12.9. The molecule has 0 atom stereocenters. The zero-order valence-electron chi connectivity index (χ0n) is 22.6. The third-order valence-corrected chi connectivity index (χ3v) is 7.03. The number of amides is 2. The highest BCUT2D eigenvalue weighted by atomic mass is 32.2. The predicted molar refractivity (Wildman–Crippen MR) is 150 cm³/mol. The molecule has 1 heterocycles. The Balaban J connectivity index is 1.52. The van der Waals surface area contributed by atoms with E-state index in [1.54, 1.807) is 31.4 Å². The van der Waals surface area contributed by atoms with Gasteiger partial charge < -0.3 is 15.4 Å². The van der Waals surface area contributed by atoms with E-state index in [4.69, 9.17) is 4.74 Å². The van der Waals surface area contributed by atoms with Crippen molar-refractivity contribution < 1.29 is 27.5 Å². The van der Waals surface area contributed by atoms with Crippen LogP contribution in [-0.4, -0.2) is 39.4 Å². The topological polar surface area (TPSA) is 98.1 Å². The number of hydrogen-bond acceptors (Lipinski definition) is 6. The number of ether oxygens (including phenoxy) is 1. The molecule has 0 radical (unpaired) electrons. The molecule has 0 spiro atoms. The van der Waals surface area contributed by atoms with Crippen molar-refractivity contribution in [3.63, 3.8) is 0 Å². The highest BCUT2D eigenvalue weighted by Gasteiger charge is 2.31. The highest BCUT2D eigenvalue weighted by Crippen LogP contribution is 2.32. The highest BCUT2D eigenvalue weighted by molar-refractivity contribution is 7.99. The van der Waals surface area contributed by atoms with Crippen LogP contribution in [0, 0.1) is 13.8 Å². The number of hydrogen-bond donors (Lipinski definition) is 2. The van der Waals surface area contributed by atoms with E-state index >= 15 is 0 Å². The zero-order chi connectivity index (χ0) is 29.6. The first kappa shape index (κ1) is 29.7. The Hall–Kier alpha value is -4.32. The molecule has 4 rings (SSSR count). The third kappa shape index (κ3) is 7.88. The summed E-state index contributed by atoms with van der Waals surface area (Å²) in [4.78, 5) is 25.3. The lowest BCUT2D eigenvalue weighted by atomic mass is 10.1. The molecule has 0 unspecified atom stereocenters. The fourth-order valence-electron chi connectivity index (χ4n) is 3.94. The Morgan fingerprint density at radius 2 is 1.73 bits per heavy atom. The quantitative estimate of drug-likeness (QED) is 0.239. The van der Waals surface area contributed by atoms with Gasteiger partial charge in [0.1, 0.15) is 5.75 Å². The molecule has 214 valence electrons. The summed E-state index contributed by atoms with van der Waals surface area (Å²) in [5, 5.41) is 14.1.